The van der Waals surface area contributed by atoms with Crippen LogP contribution in [0.2, 0.25) is 0 Å². The second-order valence-corrected chi connectivity index (χ2v) is 14.1. The Balaban J connectivity index is 0.00000420. The molecule has 7 heteroatoms. The van der Waals surface area contributed by atoms with Crippen LogP contribution in [0, 0.1) is 17.9 Å². The number of pyridine rings is 1. The minimum Gasteiger partial charge on any atom is -0.509 e. The number of fused-ring (bicyclic) bond motifs is 6. The average molecular weight is 853 g/mol. The maximum Gasteiger partial charge on any atom is 2.00 e. The van der Waals surface area contributed by atoms with Crippen molar-refractivity contribution < 1.29 is 29.6 Å². The van der Waals surface area contributed by atoms with Gasteiger partial charge in [0.15, 0.2) is 0 Å². The van der Waals surface area contributed by atoms with Crippen LogP contribution in [-0.2, 0) is 20.4 Å². The molecule has 0 bridgehead atoms. The first-order chi connectivity index (χ1) is 28.7. The topological polar surface area (TPSA) is 33.1 Å². The van der Waals surface area contributed by atoms with Crippen molar-refractivity contribution in [2.24, 2.45) is 0 Å². The van der Waals surface area contributed by atoms with Gasteiger partial charge in [0.05, 0.1) is 16.5 Å². The SMILES string of the molecule is Fc1cc(Oc2[c-]c3c(cc2)c2ccccc2n3-c2ccccn2)[c-]c([N+]2=C=[N+](c3c(-c4ccccc4)cccc3-c3ccccc3)c3c2ccc2ccccc32)c1.[Pd+2]. The van der Waals surface area contributed by atoms with Crippen LogP contribution in [0.15, 0.2) is 188 Å². The van der Waals surface area contributed by atoms with Gasteiger partial charge in [-0.1, -0.05) is 137 Å². The molecule has 0 fully saturated rings. The predicted octanol–water partition coefficient (Wildman–Crippen LogP) is 13.1. The molecule has 0 N–H and O–H groups in total. The number of para-hydroxylation sites is 2. The van der Waals surface area contributed by atoms with E-state index in [1.165, 1.54) is 12.1 Å². The molecular weight excluding hydrogens is 822 g/mol. The molecule has 59 heavy (non-hydrogen) atoms. The van der Waals surface area contributed by atoms with E-state index in [0.717, 1.165) is 77.7 Å². The van der Waals surface area contributed by atoms with Gasteiger partial charge in [0, 0.05) is 35.1 Å². The zero-order chi connectivity index (χ0) is 38.6. The van der Waals surface area contributed by atoms with Gasteiger partial charge in [-0.05, 0) is 68.9 Å². The molecule has 8 aromatic carbocycles. The van der Waals surface area contributed by atoms with Gasteiger partial charge < -0.3 is 9.30 Å². The van der Waals surface area contributed by atoms with Gasteiger partial charge in [0.2, 0.25) is 5.69 Å². The summed E-state index contributed by atoms with van der Waals surface area (Å²) in [5.74, 6) is 0.932. The Kier molecular flexibility index (Phi) is 9.13. The fourth-order valence-corrected chi connectivity index (χ4v) is 8.14. The van der Waals surface area contributed by atoms with Crippen LogP contribution in [0.4, 0.5) is 27.1 Å². The second kappa shape index (κ2) is 14.9. The Bertz CT molecular complexity index is 3250. The largest absolute Gasteiger partial charge is 2.00 e. The third-order valence-electron chi connectivity index (χ3n) is 10.7. The predicted molar refractivity (Wildman–Crippen MR) is 232 cm³/mol. The molecule has 2 aromatic heterocycles. The standard InChI is InChI=1S/C52H31FN4O.Pd/c53-38-30-39(32-41(31-38)58-40-26-27-46-45-20-9-10-23-47(45)57(49(46)33-40)50-24-11-12-29-54-50)55-34-56(52-44-19-8-7-18-37(44)25-28-48(52)55)51-42(35-14-3-1-4-15-35)21-13-22-43(51)36-16-5-2-6-17-36;/h1-31H;/q;+2. The molecule has 0 radical (unpaired) electrons. The second-order valence-electron chi connectivity index (χ2n) is 14.1. The van der Waals surface area contributed by atoms with Gasteiger partial charge in [0.1, 0.15) is 11.5 Å². The number of hydrogen-bond acceptors (Lipinski definition) is 2. The molecule has 0 amide bonds. The van der Waals surface area contributed by atoms with Crippen LogP contribution >= 0.6 is 0 Å². The van der Waals surface area contributed by atoms with E-state index in [1.807, 2.05) is 71.3 Å². The Morgan fingerprint density at radius 1 is 0.559 bits per heavy atom. The maximum absolute atomic E-state index is 15.9. The fourth-order valence-electron chi connectivity index (χ4n) is 8.14. The molecule has 0 atom stereocenters. The molecule has 10 aromatic rings. The molecule has 0 unspecified atom stereocenters. The van der Waals surface area contributed by atoms with Crippen molar-refractivity contribution in [2.75, 3.05) is 0 Å². The number of rotatable bonds is 7. The summed E-state index contributed by atoms with van der Waals surface area (Å²) in [4.78, 5) is 4.64. The fraction of sp³-hybridized carbons (Fsp3) is 0. The number of aromatic nitrogens is 2. The van der Waals surface area contributed by atoms with Gasteiger partial charge >= 0.3 is 32.1 Å². The van der Waals surface area contributed by atoms with Crippen molar-refractivity contribution in [1.82, 2.24) is 18.7 Å². The van der Waals surface area contributed by atoms with E-state index in [9.17, 15) is 0 Å². The summed E-state index contributed by atoms with van der Waals surface area (Å²) in [7, 11) is 0. The van der Waals surface area contributed by atoms with Crippen LogP contribution in [0.1, 0.15) is 0 Å². The van der Waals surface area contributed by atoms with Crippen molar-refractivity contribution in [3.63, 3.8) is 0 Å². The third kappa shape index (κ3) is 6.26. The molecule has 0 saturated heterocycles. The summed E-state index contributed by atoms with van der Waals surface area (Å²) in [5, 5.41) is 4.20. The summed E-state index contributed by atoms with van der Waals surface area (Å²) in [6.07, 6.45) is 1.77. The number of nitrogens with zero attached hydrogens (tertiary/aromatic N) is 4. The summed E-state index contributed by atoms with van der Waals surface area (Å²) in [5.41, 5.74) is 9.19. The minimum absolute atomic E-state index is 0. The zero-order valence-corrected chi connectivity index (χ0v) is 32.8. The molecule has 0 saturated carbocycles. The molecule has 11 rings (SSSR count). The normalized spacial score (nSPS) is 11.9. The van der Waals surface area contributed by atoms with E-state index in [1.54, 1.807) is 6.20 Å². The molecule has 1 aliphatic heterocycles. The van der Waals surface area contributed by atoms with E-state index in [2.05, 4.69) is 135 Å². The number of benzene rings is 8. The summed E-state index contributed by atoms with van der Waals surface area (Å²) in [6.45, 7) is 0. The van der Waals surface area contributed by atoms with Crippen molar-refractivity contribution in [2.45, 2.75) is 0 Å². The summed E-state index contributed by atoms with van der Waals surface area (Å²) < 4.78 is 28.4. The Labute approximate surface area is 353 Å². The number of ether oxygens (including phenoxy) is 1. The first-order valence-corrected chi connectivity index (χ1v) is 19.1. The van der Waals surface area contributed by atoms with E-state index in [4.69, 9.17) is 4.74 Å². The first kappa shape index (κ1) is 36.1. The van der Waals surface area contributed by atoms with E-state index >= 15 is 4.39 Å². The van der Waals surface area contributed by atoms with Crippen LogP contribution < -0.4 is 13.9 Å². The van der Waals surface area contributed by atoms with Crippen molar-refractivity contribution in [3.8, 4) is 39.6 Å². The van der Waals surface area contributed by atoms with Crippen molar-refractivity contribution in [1.29, 1.82) is 0 Å². The van der Waals surface area contributed by atoms with Crippen LogP contribution in [0.25, 0.3) is 60.6 Å². The van der Waals surface area contributed by atoms with Crippen molar-refractivity contribution >= 4 is 61.3 Å². The van der Waals surface area contributed by atoms with Gasteiger partial charge in [-0.2, -0.15) is 6.07 Å². The smallest absolute Gasteiger partial charge is 0.509 e. The molecular formula is C52H31FN4OPd+2. The minimum atomic E-state index is -0.468. The van der Waals surface area contributed by atoms with E-state index in [0.29, 0.717) is 11.4 Å². The molecule has 0 spiro atoms. The summed E-state index contributed by atoms with van der Waals surface area (Å²) >= 11 is 0. The van der Waals surface area contributed by atoms with E-state index < -0.39 is 5.82 Å². The molecule has 0 aliphatic carbocycles. The van der Waals surface area contributed by atoms with Gasteiger partial charge in [-0.3, -0.25) is 0 Å². The molecule has 280 valence electrons. The number of hydrogen-bond donors (Lipinski definition) is 0. The zero-order valence-electron chi connectivity index (χ0n) is 31.3. The molecule has 5 nitrogen and oxygen atoms in total. The summed E-state index contributed by atoms with van der Waals surface area (Å²) in [6, 6.07) is 70.9. The van der Waals surface area contributed by atoms with Gasteiger partial charge in [0.25, 0.3) is 5.69 Å². The van der Waals surface area contributed by atoms with Gasteiger partial charge in [-0.25, -0.2) is 9.37 Å². The molecule has 1 aliphatic rings. The van der Waals surface area contributed by atoms with Gasteiger partial charge in [-0.15, -0.1) is 17.5 Å². The average Bonchev–Trinajstić information content (AvgIpc) is 3.83. The van der Waals surface area contributed by atoms with Crippen LogP contribution in [0.5, 0.6) is 11.5 Å². The molecule has 3 heterocycles. The Morgan fingerprint density at radius 3 is 2.00 bits per heavy atom. The number of halogens is 1. The Hall–Kier alpha value is -7.26. The van der Waals surface area contributed by atoms with Crippen LogP contribution in [-0.4, -0.2) is 15.6 Å². The van der Waals surface area contributed by atoms with E-state index in [-0.39, 0.29) is 26.2 Å². The first-order valence-electron chi connectivity index (χ1n) is 19.1. The maximum atomic E-state index is 15.9. The van der Waals surface area contributed by atoms with Crippen molar-refractivity contribution in [3.05, 3.63) is 206 Å². The third-order valence-corrected chi connectivity index (χ3v) is 10.7. The van der Waals surface area contributed by atoms with Crippen LogP contribution in [0.3, 0.4) is 0 Å². The Morgan fingerprint density at radius 2 is 1.25 bits per heavy atom. The monoisotopic (exact) mass is 852 g/mol. The quantitative estimate of drug-likeness (QED) is 0.0909.